The lowest BCUT2D eigenvalue weighted by atomic mass is 10.1. The van der Waals surface area contributed by atoms with Gasteiger partial charge < -0.3 is 9.88 Å². The van der Waals surface area contributed by atoms with Crippen molar-refractivity contribution in [2.75, 3.05) is 6.54 Å². The molecule has 0 saturated heterocycles. The van der Waals surface area contributed by atoms with Gasteiger partial charge in [0.15, 0.2) is 0 Å². The molecule has 1 N–H and O–H groups in total. The molecule has 2 rings (SSSR count). The fourth-order valence-corrected chi connectivity index (χ4v) is 2.35. The molecule has 0 aliphatic heterocycles. The zero-order valence-electron chi connectivity index (χ0n) is 11.7. The van der Waals surface area contributed by atoms with Gasteiger partial charge in [-0.3, -0.25) is 0 Å². The minimum atomic E-state index is -0.425. The highest BCUT2D eigenvalue weighted by Gasteiger charge is 2.12. The molecule has 0 aliphatic rings. The second-order valence-corrected chi connectivity index (χ2v) is 4.73. The number of rotatable bonds is 5. The summed E-state index contributed by atoms with van der Waals surface area (Å²) in [6.45, 7) is 5.45. The van der Waals surface area contributed by atoms with Crippen molar-refractivity contribution >= 4 is 0 Å². The van der Waals surface area contributed by atoms with Crippen molar-refractivity contribution in [3.05, 3.63) is 59.2 Å². The Labute approximate surface area is 118 Å². The second kappa shape index (κ2) is 6.36. The number of benzene rings is 1. The molecule has 20 heavy (non-hydrogen) atoms. The van der Waals surface area contributed by atoms with Crippen molar-refractivity contribution in [1.82, 2.24) is 9.88 Å². The van der Waals surface area contributed by atoms with E-state index in [4.69, 9.17) is 5.26 Å². The number of nitrogens with one attached hydrogen (secondary N) is 1. The van der Waals surface area contributed by atoms with Crippen molar-refractivity contribution in [3.63, 3.8) is 0 Å². The van der Waals surface area contributed by atoms with Crippen LogP contribution in [0.2, 0.25) is 0 Å². The molecule has 0 radical (unpaired) electrons. The second-order valence-electron chi connectivity index (χ2n) is 4.73. The lowest BCUT2D eigenvalue weighted by Gasteiger charge is -2.16. The van der Waals surface area contributed by atoms with E-state index in [0.717, 1.165) is 12.2 Å². The molecule has 104 valence electrons. The average molecular weight is 271 g/mol. The third-order valence-electron chi connectivity index (χ3n) is 3.36. The Hall–Kier alpha value is -2.12. The average Bonchev–Trinajstić information content (AvgIpc) is 2.90. The van der Waals surface area contributed by atoms with E-state index in [1.165, 1.54) is 6.07 Å². The lowest BCUT2D eigenvalue weighted by Crippen LogP contribution is -2.21. The van der Waals surface area contributed by atoms with Gasteiger partial charge in [-0.2, -0.15) is 5.26 Å². The van der Waals surface area contributed by atoms with Gasteiger partial charge >= 0.3 is 0 Å². The van der Waals surface area contributed by atoms with Crippen molar-refractivity contribution in [3.8, 4) is 6.07 Å². The molecule has 0 spiro atoms. The third kappa shape index (κ3) is 2.89. The fourth-order valence-electron chi connectivity index (χ4n) is 2.35. The van der Waals surface area contributed by atoms with Crippen LogP contribution in [0.1, 0.15) is 36.7 Å². The molecule has 1 heterocycles. The van der Waals surface area contributed by atoms with Crippen LogP contribution in [0.15, 0.2) is 36.5 Å². The third-order valence-corrected chi connectivity index (χ3v) is 3.36. The molecule has 1 aromatic carbocycles. The highest BCUT2D eigenvalue weighted by atomic mass is 19.1. The van der Waals surface area contributed by atoms with Gasteiger partial charge in [-0.25, -0.2) is 4.39 Å². The SMILES string of the molecule is CCNC(C)c1cccn1Cc1cccc(C#N)c1F. The van der Waals surface area contributed by atoms with Gasteiger partial charge in [0.2, 0.25) is 0 Å². The Morgan fingerprint density at radius 1 is 1.35 bits per heavy atom. The summed E-state index contributed by atoms with van der Waals surface area (Å²) in [5, 5.41) is 12.2. The smallest absolute Gasteiger partial charge is 0.145 e. The van der Waals surface area contributed by atoms with E-state index < -0.39 is 5.82 Å². The summed E-state index contributed by atoms with van der Waals surface area (Å²) in [6.07, 6.45) is 1.93. The number of nitrogens with zero attached hydrogens (tertiary/aromatic N) is 2. The van der Waals surface area contributed by atoms with E-state index in [9.17, 15) is 4.39 Å². The molecule has 2 aromatic rings. The van der Waals surface area contributed by atoms with Gasteiger partial charge in [0.05, 0.1) is 12.1 Å². The highest BCUT2D eigenvalue weighted by Crippen LogP contribution is 2.18. The van der Waals surface area contributed by atoms with Crippen LogP contribution in [0.4, 0.5) is 4.39 Å². The van der Waals surface area contributed by atoms with Crippen LogP contribution in [-0.2, 0) is 6.54 Å². The summed E-state index contributed by atoms with van der Waals surface area (Å²) in [4.78, 5) is 0. The summed E-state index contributed by atoms with van der Waals surface area (Å²) in [5.74, 6) is -0.425. The Balaban J connectivity index is 2.28. The maximum Gasteiger partial charge on any atom is 0.145 e. The topological polar surface area (TPSA) is 40.8 Å². The molecule has 3 nitrogen and oxygen atoms in total. The van der Waals surface area contributed by atoms with Crippen LogP contribution >= 0.6 is 0 Å². The molecule has 4 heteroatoms. The number of halogens is 1. The molecule has 1 unspecified atom stereocenters. The maximum absolute atomic E-state index is 14.1. The van der Waals surface area contributed by atoms with Gasteiger partial charge in [-0.1, -0.05) is 19.1 Å². The van der Waals surface area contributed by atoms with Gasteiger partial charge in [-0.05, 0) is 31.7 Å². The molecule has 0 amide bonds. The van der Waals surface area contributed by atoms with E-state index in [-0.39, 0.29) is 11.6 Å². The summed E-state index contributed by atoms with van der Waals surface area (Å²) in [7, 11) is 0. The summed E-state index contributed by atoms with van der Waals surface area (Å²) in [5.41, 5.74) is 1.73. The van der Waals surface area contributed by atoms with Gasteiger partial charge in [0.25, 0.3) is 0 Å². The molecule has 1 atom stereocenters. The van der Waals surface area contributed by atoms with E-state index in [0.29, 0.717) is 12.1 Å². The molecule has 0 fully saturated rings. The Morgan fingerprint density at radius 2 is 2.15 bits per heavy atom. The zero-order chi connectivity index (χ0) is 14.5. The number of hydrogen-bond acceptors (Lipinski definition) is 2. The van der Waals surface area contributed by atoms with Crippen molar-refractivity contribution in [1.29, 1.82) is 5.26 Å². The van der Waals surface area contributed by atoms with Gasteiger partial charge in [-0.15, -0.1) is 0 Å². The quantitative estimate of drug-likeness (QED) is 0.907. The normalized spacial score (nSPS) is 12.1. The number of aromatic nitrogens is 1. The predicted octanol–water partition coefficient (Wildman–Crippen LogP) is 3.22. The molecule has 0 aliphatic carbocycles. The molecular weight excluding hydrogens is 253 g/mol. The van der Waals surface area contributed by atoms with Crippen LogP contribution in [0, 0.1) is 17.1 Å². The van der Waals surface area contributed by atoms with Crippen LogP contribution < -0.4 is 5.32 Å². The standard InChI is InChI=1S/C16H18FN3/c1-3-19-12(2)15-8-5-9-20(15)11-14-7-4-6-13(10-18)16(14)17/h4-9,12,19H,3,11H2,1-2H3. The van der Waals surface area contributed by atoms with Crippen LogP contribution in [0.3, 0.4) is 0 Å². The van der Waals surface area contributed by atoms with Crippen LogP contribution in [0.25, 0.3) is 0 Å². The number of nitriles is 1. The minimum Gasteiger partial charge on any atom is -0.345 e. The Bertz CT molecular complexity index is 625. The first kappa shape index (κ1) is 14.3. The summed E-state index contributed by atoms with van der Waals surface area (Å²) in [6, 6.07) is 11.0. The first-order valence-electron chi connectivity index (χ1n) is 6.73. The van der Waals surface area contributed by atoms with Gasteiger partial charge in [0.1, 0.15) is 11.9 Å². The first-order chi connectivity index (χ1) is 9.67. The molecule has 1 aromatic heterocycles. The van der Waals surface area contributed by atoms with Crippen molar-refractivity contribution in [2.45, 2.75) is 26.4 Å². The van der Waals surface area contributed by atoms with E-state index >= 15 is 0 Å². The molecule has 0 saturated carbocycles. The fraction of sp³-hybridized carbons (Fsp3) is 0.312. The van der Waals surface area contributed by atoms with Crippen LogP contribution in [0.5, 0.6) is 0 Å². The monoisotopic (exact) mass is 271 g/mol. The summed E-state index contributed by atoms with van der Waals surface area (Å²) < 4.78 is 16.1. The van der Waals surface area contributed by atoms with Gasteiger partial charge in [0, 0.05) is 23.5 Å². The highest BCUT2D eigenvalue weighted by molar-refractivity contribution is 5.35. The predicted molar refractivity (Wildman–Crippen MR) is 76.7 cm³/mol. The minimum absolute atomic E-state index is 0.0935. The van der Waals surface area contributed by atoms with Crippen LogP contribution in [-0.4, -0.2) is 11.1 Å². The largest absolute Gasteiger partial charge is 0.345 e. The van der Waals surface area contributed by atoms with E-state index in [1.807, 2.05) is 29.0 Å². The Kier molecular flexibility index (Phi) is 4.54. The maximum atomic E-state index is 14.1. The summed E-state index contributed by atoms with van der Waals surface area (Å²) >= 11 is 0. The van der Waals surface area contributed by atoms with E-state index in [1.54, 1.807) is 12.1 Å². The lowest BCUT2D eigenvalue weighted by molar-refractivity contribution is 0.543. The zero-order valence-corrected chi connectivity index (χ0v) is 11.7. The molecular formula is C16H18FN3. The van der Waals surface area contributed by atoms with E-state index in [2.05, 4.69) is 19.2 Å². The van der Waals surface area contributed by atoms with Crippen molar-refractivity contribution in [2.24, 2.45) is 0 Å². The number of hydrogen-bond donors (Lipinski definition) is 1. The van der Waals surface area contributed by atoms with Crippen molar-refractivity contribution < 1.29 is 4.39 Å². The first-order valence-corrected chi connectivity index (χ1v) is 6.73. The molecule has 0 bridgehead atoms. The Morgan fingerprint density at radius 3 is 2.85 bits per heavy atom.